The first kappa shape index (κ1) is 18.1. The molecule has 0 aliphatic carbocycles. The van der Waals surface area contributed by atoms with E-state index < -0.39 is 26.7 Å². The van der Waals surface area contributed by atoms with Crippen LogP contribution in [0.3, 0.4) is 0 Å². The van der Waals surface area contributed by atoms with Crippen molar-refractivity contribution in [3.63, 3.8) is 0 Å². The van der Waals surface area contributed by atoms with Gasteiger partial charge < -0.3 is 13.3 Å². The first-order valence-electron chi connectivity index (χ1n) is 6.50. The molecule has 0 N–H and O–H groups in total. The predicted octanol–water partition coefficient (Wildman–Crippen LogP) is 1.33. The quantitative estimate of drug-likeness (QED) is 0.554. The van der Waals surface area contributed by atoms with Crippen LogP contribution >= 0.6 is 0 Å². The maximum atomic E-state index is 11.7. The van der Waals surface area contributed by atoms with Crippen LogP contribution in [0.15, 0.2) is 62.2 Å². The van der Waals surface area contributed by atoms with Gasteiger partial charge in [0.2, 0.25) is 0 Å². The molecule has 0 fully saturated rings. The third-order valence-corrected chi connectivity index (χ3v) is 5.06. The minimum atomic E-state index is -4.21. The Morgan fingerprint density at radius 1 is 0.826 bits per heavy atom. The zero-order valence-corrected chi connectivity index (χ0v) is 13.6. The smallest absolute Gasteiger partial charge is 0.448 e. The lowest BCUT2D eigenvalue weighted by molar-refractivity contribution is -0.143. The molecule has 1 aromatic carbocycles. The van der Waals surface area contributed by atoms with Crippen LogP contribution in [0.2, 0.25) is 0 Å². The second-order valence-electron chi connectivity index (χ2n) is 4.30. The summed E-state index contributed by atoms with van der Waals surface area (Å²) in [6.45, 7) is 11.7. The van der Waals surface area contributed by atoms with Crippen molar-refractivity contribution in [1.29, 1.82) is 0 Å². The van der Waals surface area contributed by atoms with Crippen molar-refractivity contribution in [1.82, 2.24) is 0 Å². The topological polar surface area (TPSA) is 78.9 Å². The molecule has 0 aliphatic heterocycles. The monoisotopic (exact) mass is 332 g/mol. The zero-order valence-electron chi connectivity index (χ0n) is 12.6. The highest BCUT2D eigenvalue weighted by Gasteiger charge is 2.55. The van der Waals surface area contributed by atoms with Crippen molar-refractivity contribution in [2.24, 2.45) is 0 Å². The van der Waals surface area contributed by atoms with Gasteiger partial charge in [0.1, 0.15) is 0 Å². The fourth-order valence-electron chi connectivity index (χ4n) is 1.52. The van der Waals surface area contributed by atoms with Crippen LogP contribution in [0, 0.1) is 6.92 Å². The minimum Gasteiger partial charge on any atom is -0.448 e. The molecule has 0 spiro atoms. The van der Waals surface area contributed by atoms with Crippen molar-refractivity contribution in [2.45, 2.75) is 6.92 Å². The van der Waals surface area contributed by atoms with Crippen molar-refractivity contribution < 1.29 is 27.7 Å². The Morgan fingerprint density at radius 3 is 1.48 bits per heavy atom. The van der Waals surface area contributed by atoms with Gasteiger partial charge in [-0.2, -0.15) is 0 Å². The van der Waals surface area contributed by atoms with E-state index in [0.29, 0.717) is 0 Å². The highest BCUT2D eigenvalue weighted by Crippen LogP contribution is 2.14. The van der Waals surface area contributed by atoms with Crippen molar-refractivity contribution in [3.05, 3.63) is 67.8 Å². The second-order valence-corrected chi connectivity index (χ2v) is 6.60. The van der Waals surface area contributed by atoms with Crippen LogP contribution in [-0.2, 0) is 27.7 Å². The van der Waals surface area contributed by atoms with Crippen LogP contribution in [-0.4, -0.2) is 26.7 Å². The van der Waals surface area contributed by atoms with Crippen LogP contribution < -0.4 is 5.19 Å². The molecule has 0 bridgehead atoms. The number of benzene rings is 1. The molecular weight excluding hydrogens is 316 g/mol. The highest BCUT2D eigenvalue weighted by atomic mass is 28.4. The van der Waals surface area contributed by atoms with E-state index in [1.54, 1.807) is 24.3 Å². The van der Waals surface area contributed by atoms with Gasteiger partial charge in [-0.3, -0.25) is 0 Å². The molecule has 0 saturated carbocycles. The summed E-state index contributed by atoms with van der Waals surface area (Å²) >= 11 is 0. The Kier molecular flexibility index (Phi) is 6.22. The van der Waals surface area contributed by atoms with Gasteiger partial charge in [-0.25, -0.2) is 14.4 Å². The molecule has 1 aromatic rings. The highest BCUT2D eigenvalue weighted by molar-refractivity contribution is 6.79. The average Bonchev–Trinajstić information content (AvgIpc) is 2.54. The van der Waals surface area contributed by atoms with E-state index in [0.717, 1.165) is 23.8 Å². The predicted molar refractivity (Wildman–Crippen MR) is 85.4 cm³/mol. The molecule has 0 heterocycles. The molecular formula is C16H16O6Si. The summed E-state index contributed by atoms with van der Waals surface area (Å²) in [4.78, 5) is 35.0. The largest absolute Gasteiger partial charge is 0.743 e. The summed E-state index contributed by atoms with van der Waals surface area (Å²) in [6.07, 6.45) is 2.62. The summed E-state index contributed by atoms with van der Waals surface area (Å²) in [5.41, 5.74) is 0.914. The Balaban J connectivity index is 3.44. The normalized spacial score (nSPS) is 10.1. The molecule has 6 nitrogen and oxygen atoms in total. The molecule has 0 amide bonds. The Labute approximate surface area is 135 Å². The maximum Gasteiger partial charge on any atom is 0.743 e. The van der Waals surface area contributed by atoms with Crippen LogP contribution in [0.25, 0.3) is 0 Å². The molecule has 0 atom stereocenters. The molecule has 0 aliphatic rings. The van der Waals surface area contributed by atoms with Crippen LogP contribution in [0.5, 0.6) is 0 Å². The van der Waals surface area contributed by atoms with E-state index in [2.05, 4.69) is 19.7 Å². The number of aryl methyl sites for hydroxylation is 1. The Bertz CT molecular complexity index is 592. The molecule has 7 heteroatoms. The number of hydrogen-bond donors (Lipinski definition) is 0. The van der Waals surface area contributed by atoms with Gasteiger partial charge in [-0.15, -0.1) is 0 Å². The van der Waals surface area contributed by atoms with E-state index >= 15 is 0 Å². The fourth-order valence-corrected chi connectivity index (χ4v) is 3.62. The lowest BCUT2D eigenvalue weighted by Gasteiger charge is -2.26. The molecule has 0 aromatic heterocycles. The van der Waals surface area contributed by atoms with Gasteiger partial charge in [0, 0.05) is 18.2 Å². The van der Waals surface area contributed by atoms with Gasteiger partial charge in [0.25, 0.3) is 0 Å². The summed E-state index contributed by atoms with van der Waals surface area (Å²) in [6, 6.07) is 6.49. The molecule has 0 unspecified atom stereocenters. The lowest BCUT2D eigenvalue weighted by atomic mass is 10.2. The summed E-state index contributed by atoms with van der Waals surface area (Å²) in [5.74, 6) is -2.69. The zero-order chi connectivity index (χ0) is 17.5. The molecule has 0 radical (unpaired) electrons. The number of rotatable bonds is 7. The van der Waals surface area contributed by atoms with Crippen molar-refractivity contribution >= 4 is 31.9 Å². The van der Waals surface area contributed by atoms with E-state index in [1.165, 1.54) is 0 Å². The van der Waals surface area contributed by atoms with Crippen molar-refractivity contribution in [2.75, 3.05) is 0 Å². The van der Waals surface area contributed by atoms with Crippen molar-refractivity contribution in [3.8, 4) is 0 Å². The fraction of sp³-hybridized carbons (Fsp3) is 0.0625. The van der Waals surface area contributed by atoms with E-state index in [-0.39, 0.29) is 5.19 Å². The maximum absolute atomic E-state index is 11.7. The average molecular weight is 332 g/mol. The third kappa shape index (κ3) is 4.79. The van der Waals surface area contributed by atoms with E-state index in [9.17, 15) is 14.4 Å². The van der Waals surface area contributed by atoms with E-state index in [4.69, 9.17) is 13.3 Å². The molecule has 120 valence electrons. The van der Waals surface area contributed by atoms with Gasteiger partial charge in [0.05, 0.1) is 5.19 Å². The lowest BCUT2D eigenvalue weighted by Crippen LogP contribution is -2.59. The Morgan fingerprint density at radius 2 is 1.17 bits per heavy atom. The Hall–Kier alpha value is -2.93. The third-order valence-electron chi connectivity index (χ3n) is 2.61. The first-order chi connectivity index (χ1) is 10.9. The van der Waals surface area contributed by atoms with Gasteiger partial charge in [-0.1, -0.05) is 49.6 Å². The number of hydrogen-bond acceptors (Lipinski definition) is 6. The van der Waals surface area contributed by atoms with E-state index in [1.807, 2.05) is 6.92 Å². The van der Waals surface area contributed by atoms with Gasteiger partial charge >= 0.3 is 26.7 Å². The summed E-state index contributed by atoms with van der Waals surface area (Å²) < 4.78 is 15.5. The summed E-state index contributed by atoms with van der Waals surface area (Å²) in [5, 5.41) is 0.253. The van der Waals surface area contributed by atoms with Gasteiger partial charge in [-0.05, 0) is 6.92 Å². The van der Waals surface area contributed by atoms with Crippen LogP contribution in [0.1, 0.15) is 5.56 Å². The standard InChI is InChI=1S/C16H16O6Si/c1-5-14(17)20-23(21-15(18)6-2,22-16(19)7-3)13-10-8-12(4)9-11-13/h5-11H,1-3H2,4H3. The van der Waals surface area contributed by atoms with Crippen LogP contribution in [0.4, 0.5) is 0 Å². The summed E-state index contributed by atoms with van der Waals surface area (Å²) in [7, 11) is -4.21. The molecule has 0 saturated heterocycles. The minimum absolute atomic E-state index is 0.253. The SMILES string of the molecule is C=CC(=O)O[Si](OC(=O)C=C)(OC(=O)C=C)c1ccc(C)cc1. The number of carbonyl (C=O) groups is 3. The van der Waals surface area contributed by atoms with Gasteiger partial charge in [0.15, 0.2) is 0 Å². The molecule has 23 heavy (non-hydrogen) atoms. The number of carbonyl (C=O) groups excluding carboxylic acids is 3. The molecule has 1 rings (SSSR count). The second kappa shape index (κ2) is 7.90. The first-order valence-corrected chi connectivity index (χ1v) is 8.22.